The molecule has 8 nitrogen and oxygen atoms in total. The van der Waals surface area contributed by atoms with E-state index in [1.807, 2.05) is 0 Å². The number of halogens is 8. The Kier molecular flexibility index (Phi) is 11.4. The second kappa shape index (κ2) is 10.3. The second-order valence-corrected chi connectivity index (χ2v) is 7.00. The SMILES string of the molecule is O=S(=O)([O-])C(F)(F)C(F)(F)N1CCN(C(F)(F)C(F)(F)SOO[O-])CC1.[Li+].[Li+]. The molecule has 1 heterocycles. The molecule has 28 heavy (non-hydrogen) atoms. The molecule has 0 N–H and O–H groups in total. The second-order valence-electron chi connectivity index (χ2n) is 4.76. The average molecular weight is 458 g/mol. The van der Waals surface area contributed by atoms with Crippen molar-refractivity contribution in [1.82, 2.24) is 9.80 Å². The minimum absolute atomic E-state index is 0. The number of nitrogens with zero attached hydrogens (tertiary/aromatic N) is 2. The van der Waals surface area contributed by atoms with Crippen molar-refractivity contribution in [3.63, 3.8) is 0 Å². The molecular weight excluding hydrogens is 450 g/mol. The van der Waals surface area contributed by atoms with Crippen LogP contribution < -0.4 is 43.0 Å². The standard InChI is InChI=1S/C8H10F8N2O6S2.2Li/c9-5(10,7(13,14)25-24-23-19)17-1-3-18(4-2-17)6(11,12)8(15,16)26(20,21)22;;/h19H,1-4H2,(H,20,21,22);;/q;2*+1/p-2. The first-order valence-electron chi connectivity index (χ1n) is 6.13. The third-order valence-electron chi connectivity index (χ3n) is 3.25. The monoisotopic (exact) mass is 458 g/mol. The van der Waals surface area contributed by atoms with Gasteiger partial charge in [0.2, 0.25) is 0 Å². The van der Waals surface area contributed by atoms with Crippen molar-refractivity contribution in [3.8, 4) is 0 Å². The van der Waals surface area contributed by atoms with E-state index in [0.29, 0.717) is 0 Å². The van der Waals surface area contributed by atoms with Crippen LogP contribution in [0.4, 0.5) is 35.1 Å². The van der Waals surface area contributed by atoms with Crippen molar-refractivity contribution < 1.29 is 100 Å². The van der Waals surface area contributed by atoms with E-state index >= 15 is 0 Å². The number of hydrogen-bond acceptors (Lipinski definition) is 9. The third-order valence-corrected chi connectivity index (χ3v) is 4.71. The van der Waals surface area contributed by atoms with Crippen LogP contribution in [0.5, 0.6) is 0 Å². The summed E-state index contributed by atoms with van der Waals surface area (Å²) in [6.07, 6.45) is 0. The molecule has 1 aliphatic rings. The van der Waals surface area contributed by atoms with Gasteiger partial charge in [-0.05, 0) is 0 Å². The minimum Gasteiger partial charge on any atom is -0.743 e. The van der Waals surface area contributed by atoms with Gasteiger partial charge in [0.05, 0.1) is 0 Å². The molecule has 0 spiro atoms. The molecule has 0 unspecified atom stereocenters. The Balaban J connectivity index is 0. The average Bonchev–Trinajstić information content (AvgIpc) is 2.51. The Morgan fingerprint density at radius 3 is 1.50 bits per heavy atom. The summed E-state index contributed by atoms with van der Waals surface area (Å²) in [5, 5.41) is 0.760. The van der Waals surface area contributed by atoms with Gasteiger partial charge in [0, 0.05) is 26.2 Å². The Labute approximate surface area is 181 Å². The minimum atomic E-state index is -6.80. The third kappa shape index (κ3) is 5.89. The fourth-order valence-electron chi connectivity index (χ4n) is 1.89. The van der Waals surface area contributed by atoms with Crippen LogP contribution in [0.1, 0.15) is 0 Å². The molecular formula is C8H8F8Li2N2O6S2. The largest absolute Gasteiger partial charge is 1.00 e. The molecule has 0 aromatic carbocycles. The molecule has 0 aliphatic carbocycles. The molecule has 0 amide bonds. The summed E-state index contributed by atoms with van der Waals surface area (Å²) in [6.45, 7) is -5.50. The van der Waals surface area contributed by atoms with Gasteiger partial charge in [-0.3, -0.25) is 5.04 Å². The molecule has 1 saturated heterocycles. The topological polar surface area (TPSA) is 105 Å². The van der Waals surface area contributed by atoms with E-state index in [2.05, 4.69) is 9.37 Å². The van der Waals surface area contributed by atoms with Crippen molar-refractivity contribution >= 4 is 22.2 Å². The predicted molar refractivity (Wildman–Crippen MR) is 62.4 cm³/mol. The van der Waals surface area contributed by atoms with E-state index in [1.165, 1.54) is 0 Å². The zero-order valence-corrected chi connectivity index (χ0v) is 15.6. The van der Waals surface area contributed by atoms with E-state index in [1.54, 1.807) is 0 Å². The van der Waals surface area contributed by atoms with Crippen molar-refractivity contribution in [2.75, 3.05) is 26.2 Å². The fraction of sp³-hybridized carbons (Fsp3) is 1.00. The van der Waals surface area contributed by atoms with E-state index in [0.717, 1.165) is 0 Å². The van der Waals surface area contributed by atoms with Gasteiger partial charge in [-0.25, -0.2) is 18.2 Å². The van der Waals surface area contributed by atoms with Crippen molar-refractivity contribution in [1.29, 1.82) is 0 Å². The Morgan fingerprint density at radius 1 is 0.821 bits per heavy atom. The maximum absolute atomic E-state index is 13.7. The molecule has 0 bridgehead atoms. The molecule has 0 aromatic heterocycles. The smallest absolute Gasteiger partial charge is 0.743 e. The van der Waals surface area contributed by atoms with Crippen LogP contribution >= 0.6 is 12.0 Å². The Hall–Kier alpha value is 0.695. The van der Waals surface area contributed by atoms with E-state index in [-0.39, 0.29) is 42.6 Å². The molecule has 1 aliphatic heterocycles. The summed E-state index contributed by atoms with van der Waals surface area (Å²) in [4.78, 5) is -0.984. The molecule has 0 saturated carbocycles. The van der Waals surface area contributed by atoms with Crippen LogP contribution in [0.3, 0.4) is 0 Å². The van der Waals surface area contributed by atoms with E-state index < -0.39 is 75.8 Å². The van der Waals surface area contributed by atoms with Crippen LogP contribution in [0.15, 0.2) is 0 Å². The fourth-order valence-corrected chi connectivity index (χ4v) is 2.67. The van der Waals surface area contributed by atoms with Crippen LogP contribution in [0, 0.1) is 0 Å². The summed E-state index contributed by atoms with van der Waals surface area (Å²) in [7, 11) is -6.80. The van der Waals surface area contributed by atoms with Gasteiger partial charge in [-0.2, -0.15) is 39.5 Å². The van der Waals surface area contributed by atoms with Gasteiger partial charge in [0.25, 0.3) is 0 Å². The van der Waals surface area contributed by atoms with Crippen molar-refractivity contribution in [3.05, 3.63) is 0 Å². The molecule has 0 atom stereocenters. The molecule has 0 aromatic rings. The number of hydrogen-bond donors (Lipinski definition) is 0. The first-order chi connectivity index (χ1) is 11.5. The zero-order chi connectivity index (χ0) is 20.6. The molecule has 156 valence electrons. The normalized spacial score (nSPS) is 18.4. The quantitative estimate of drug-likeness (QED) is 0.0670. The van der Waals surface area contributed by atoms with Gasteiger partial charge in [-0.15, -0.1) is 0 Å². The van der Waals surface area contributed by atoms with E-state index in [9.17, 15) is 53.4 Å². The summed E-state index contributed by atoms with van der Waals surface area (Å²) in [6, 6.07) is -10.6. The van der Waals surface area contributed by atoms with Crippen LogP contribution in [0.2, 0.25) is 0 Å². The molecule has 1 rings (SSSR count). The molecule has 0 radical (unpaired) electrons. The zero-order valence-electron chi connectivity index (χ0n) is 14.0. The summed E-state index contributed by atoms with van der Waals surface area (Å²) in [5.41, 5.74) is 0. The Morgan fingerprint density at radius 2 is 1.18 bits per heavy atom. The maximum atomic E-state index is 13.7. The van der Waals surface area contributed by atoms with Gasteiger partial charge in [0.1, 0.15) is 12.0 Å². The number of piperazine rings is 1. The van der Waals surface area contributed by atoms with Gasteiger partial charge < -0.3 is 9.81 Å². The van der Waals surface area contributed by atoms with Gasteiger partial charge in [0.15, 0.2) is 10.1 Å². The summed E-state index contributed by atoms with van der Waals surface area (Å²) >= 11 is -1.37. The van der Waals surface area contributed by atoms with E-state index in [4.69, 9.17) is 0 Å². The molecule has 20 heteroatoms. The first-order valence-corrected chi connectivity index (χ1v) is 8.28. The number of rotatable bonds is 8. The summed E-state index contributed by atoms with van der Waals surface area (Å²) in [5.74, 6) is 0. The van der Waals surface area contributed by atoms with Crippen LogP contribution in [-0.4, -0.2) is 71.6 Å². The first kappa shape index (κ1) is 30.9. The van der Waals surface area contributed by atoms with Crippen molar-refractivity contribution in [2.24, 2.45) is 0 Å². The van der Waals surface area contributed by atoms with Gasteiger partial charge in [-0.1, -0.05) is 0 Å². The van der Waals surface area contributed by atoms with Crippen molar-refractivity contribution in [2.45, 2.75) is 22.6 Å². The molecule has 1 fully saturated rings. The van der Waals surface area contributed by atoms with Crippen LogP contribution in [0.25, 0.3) is 0 Å². The van der Waals surface area contributed by atoms with Gasteiger partial charge >= 0.3 is 60.3 Å². The number of alkyl halides is 8. The maximum Gasteiger partial charge on any atom is 1.00 e. The van der Waals surface area contributed by atoms with Crippen LogP contribution in [-0.2, 0) is 19.5 Å². The summed E-state index contributed by atoms with van der Waals surface area (Å²) < 4.78 is 141. The predicted octanol–water partition coefficient (Wildman–Crippen LogP) is -5.60. The Bertz CT molecular complexity index is 608.